The zero-order chi connectivity index (χ0) is 7.72. The molecule has 0 saturated carbocycles. The quantitative estimate of drug-likeness (QED) is 0.513. The first kappa shape index (κ1) is 7.05. The average molecular weight is 148 g/mol. The van der Waals surface area contributed by atoms with Gasteiger partial charge in [-0.05, 0) is 6.08 Å². The molecule has 0 bridgehead atoms. The minimum absolute atomic E-state index is 0.398. The zero-order valence-corrected chi connectivity index (χ0v) is 4.83. The summed E-state index contributed by atoms with van der Waals surface area (Å²) in [7, 11) is 0. The number of rotatable bonds is 0. The number of hydrogen-bond acceptors (Lipinski definition) is 1. The van der Waals surface area contributed by atoms with Gasteiger partial charge in [0.15, 0.2) is 17.4 Å². The second kappa shape index (κ2) is 2.28. The Morgan fingerprint density at radius 3 is 2.30 bits per heavy atom. The normalized spacial score (nSPS) is 19.5. The number of Topliss-reactive ketones (excluding diaryl/α,β-unsaturated/α-hetero) is 1. The van der Waals surface area contributed by atoms with Crippen LogP contribution in [-0.2, 0) is 4.79 Å². The highest BCUT2D eigenvalue weighted by molar-refractivity contribution is 5.96. The van der Waals surface area contributed by atoms with Gasteiger partial charge in [0.25, 0.3) is 0 Å². The van der Waals surface area contributed by atoms with Gasteiger partial charge in [0.2, 0.25) is 5.83 Å². The molecule has 0 unspecified atom stereocenters. The molecule has 1 aliphatic rings. The van der Waals surface area contributed by atoms with E-state index in [0.29, 0.717) is 6.08 Å². The van der Waals surface area contributed by atoms with Crippen LogP contribution in [0.5, 0.6) is 0 Å². The number of carbonyl (C=O) groups excluding carboxylic acids is 1. The van der Waals surface area contributed by atoms with Crippen molar-refractivity contribution in [2.75, 3.05) is 0 Å². The van der Waals surface area contributed by atoms with Crippen molar-refractivity contribution in [2.45, 2.75) is 6.42 Å². The van der Waals surface area contributed by atoms with Crippen molar-refractivity contribution < 1.29 is 18.0 Å². The molecule has 0 aromatic heterocycles. The summed E-state index contributed by atoms with van der Waals surface area (Å²) in [6.07, 6.45) is 0.311. The van der Waals surface area contributed by atoms with Crippen LogP contribution in [0.3, 0.4) is 0 Å². The largest absolute Gasteiger partial charge is 0.291 e. The molecule has 0 saturated heterocycles. The van der Waals surface area contributed by atoms with Gasteiger partial charge in [-0.3, -0.25) is 4.79 Å². The molecule has 0 N–H and O–H groups in total. The molecule has 0 fully saturated rings. The summed E-state index contributed by atoms with van der Waals surface area (Å²) < 4.78 is 36.2. The Balaban J connectivity index is 3.06. The summed E-state index contributed by atoms with van der Waals surface area (Å²) in [6, 6.07) is 0. The van der Waals surface area contributed by atoms with Crippen LogP contribution in [0, 0.1) is 0 Å². The Labute approximate surface area is 54.8 Å². The number of halogens is 3. The Morgan fingerprint density at radius 1 is 1.20 bits per heavy atom. The number of allylic oxidation sites excluding steroid dienone is 4. The van der Waals surface area contributed by atoms with Crippen LogP contribution in [0.15, 0.2) is 23.6 Å². The van der Waals surface area contributed by atoms with E-state index in [1.165, 1.54) is 0 Å². The highest BCUT2D eigenvalue weighted by atomic mass is 19.2. The van der Waals surface area contributed by atoms with Gasteiger partial charge < -0.3 is 0 Å². The third-order valence-corrected chi connectivity index (χ3v) is 1.11. The predicted molar refractivity (Wildman–Crippen MR) is 28.1 cm³/mol. The van der Waals surface area contributed by atoms with E-state index in [2.05, 4.69) is 0 Å². The lowest BCUT2D eigenvalue weighted by molar-refractivity contribution is -0.116. The van der Waals surface area contributed by atoms with Gasteiger partial charge in [0.05, 0.1) is 0 Å². The van der Waals surface area contributed by atoms with Crippen molar-refractivity contribution in [1.82, 2.24) is 0 Å². The molecule has 0 aliphatic heterocycles. The maximum Gasteiger partial charge on any atom is 0.205 e. The van der Waals surface area contributed by atoms with Crippen LogP contribution < -0.4 is 0 Å². The molecule has 0 atom stereocenters. The fourth-order valence-electron chi connectivity index (χ4n) is 0.589. The lowest BCUT2D eigenvalue weighted by Gasteiger charge is -2.01. The summed E-state index contributed by atoms with van der Waals surface area (Å²) in [5, 5.41) is 0. The molecule has 0 radical (unpaired) electrons. The Morgan fingerprint density at radius 2 is 1.80 bits per heavy atom. The van der Waals surface area contributed by atoms with E-state index < -0.39 is 29.7 Å². The maximum absolute atomic E-state index is 12.1. The second-order valence-corrected chi connectivity index (χ2v) is 1.81. The van der Waals surface area contributed by atoms with Crippen LogP contribution in [0.1, 0.15) is 6.42 Å². The molecular formula is C6H3F3O. The first-order chi connectivity index (χ1) is 4.63. The predicted octanol–water partition coefficient (Wildman–Crippen LogP) is 1.96. The van der Waals surface area contributed by atoms with Gasteiger partial charge >= 0.3 is 0 Å². The first-order valence-corrected chi connectivity index (χ1v) is 2.57. The van der Waals surface area contributed by atoms with Crippen LogP contribution in [0.25, 0.3) is 0 Å². The molecule has 0 aromatic rings. The van der Waals surface area contributed by atoms with Crippen molar-refractivity contribution in [1.29, 1.82) is 0 Å². The van der Waals surface area contributed by atoms with E-state index in [9.17, 15) is 18.0 Å². The van der Waals surface area contributed by atoms with Gasteiger partial charge in [-0.1, -0.05) is 0 Å². The molecule has 0 amide bonds. The van der Waals surface area contributed by atoms with Crippen molar-refractivity contribution in [3.05, 3.63) is 23.6 Å². The Kier molecular flexibility index (Phi) is 1.61. The summed E-state index contributed by atoms with van der Waals surface area (Å²) >= 11 is 0. The van der Waals surface area contributed by atoms with E-state index in [4.69, 9.17) is 0 Å². The fraction of sp³-hybridized carbons (Fsp3) is 0.167. The zero-order valence-electron chi connectivity index (χ0n) is 4.83. The van der Waals surface area contributed by atoms with Gasteiger partial charge in [-0.25, -0.2) is 8.78 Å². The molecule has 0 heterocycles. The van der Waals surface area contributed by atoms with Gasteiger partial charge in [-0.2, -0.15) is 4.39 Å². The van der Waals surface area contributed by atoms with E-state index in [-0.39, 0.29) is 0 Å². The minimum Gasteiger partial charge on any atom is -0.291 e. The van der Waals surface area contributed by atoms with Gasteiger partial charge in [-0.15, -0.1) is 0 Å². The minimum atomic E-state index is -1.68. The maximum atomic E-state index is 12.1. The summed E-state index contributed by atoms with van der Waals surface area (Å²) in [5.74, 6) is -5.60. The lowest BCUT2D eigenvalue weighted by atomic mass is 10.1. The SMILES string of the molecule is O=C1CC=C(F)C(F)=C1F. The molecule has 1 aliphatic carbocycles. The van der Waals surface area contributed by atoms with E-state index in [1.807, 2.05) is 0 Å². The molecule has 0 aromatic carbocycles. The number of ketones is 1. The van der Waals surface area contributed by atoms with Crippen LogP contribution in [-0.4, -0.2) is 5.78 Å². The van der Waals surface area contributed by atoms with Crippen LogP contribution in [0.2, 0.25) is 0 Å². The number of hydrogen-bond donors (Lipinski definition) is 0. The molecular weight excluding hydrogens is 145 g/mol. The standard InChI is InChI=1S/C6H3F3O/c7-3-1-2-4(10)6(9)5(3)8/h1H,2H2. The number of carbonyl (C=O) groups is 1. The Bertz CT molecular complexity index is 235. The fourth-order valence-corrected chi connectivity index (χ4v) is 0.589. The average Bonchev–Trinajstić information content (AvgIpc) is 1.93. The molecule has 54 valence electrons. The molecule has 1 rings (SSSR count). The Hall–Kier alpha value is -1.06. The topological polar surface area (TPSA) is 17.1 Å². The van der Waals surface area contributed by atoms with Crippen molar-refractivity contribution in [2.24, 2.45) is 0 Å². The molecule has 0 spiro atoms. The lowest BCUT2D eigenvalue weighted by Crippen LogP contribution is -2.03. The smallest absolute Gasteiger partial charge is 0.205 e. The van der Waals surface area contributed by atoms with Crippen molar-refractivity contribution >= 4 is 5.78 Å². The molecule has 1 nitrogen and oxygen atoms in total. The highest BCUT2D eigenvalue weighted by Gasteiger charge is 2.22. The van der Waals surface area contributed by atoms with E-state index >= 15 is 0 Å². The first-order valence-electron chi connectivity index (χ1n) is 2.57. The van der Waals surface area contributed by atoms with Gasteiger partial charge in [0.1, 0.15) is 0 Å². The van der Waals surface area contributed by atoms with Crippen molar-refractivity contribution in [3.8, 4) is 0 Å². The van der Waals surface area contributed by atoms with Crippen molar-refractivity contribution in [3.63, 3.8) is 0 Å². The third-order valence-electron chi connectivity index (χ3n) is 1.11. The summed E-state index contributed by atoms with van der Waals surface area (Å²) in [5.41, 5.74) is 0. The second-order valence-electron chi connectivity index (χ2n) is 1.81. The third kappa shape index (κ3) is 0.964. The summed E-state index contributed by atoms with van der Waals surface area (Å²) in [4.78, 5) is 10.3. The van der Waals surface area contributed by atoms with E-state index in [0.717, 1.165) is 0 Å². The summed E-state index contributed by atoms with van der Waals surface area (Å²) in [6.45, 7) is 0. The highest BCUT2D eigenvalue weighted by Crippen LogP contribution is 2.25. The monoisotopic (exact) mass is 148 g/mol. The molecule has 10 heavy (non-hydrogen) atoms. The van der Waals surface area contributed by atoms with Crippen LogP contribution >= 0.6 is 0 Å². The van der Waals surface area contributed by atoms with Gasteiger partial charge in [0, 0.05) is 6.42 Å². The van der Waals surface area contributed by atoms with Crippen LogP contribution in [0.4, 0.5) is 13.2 Å². The molecule has 4 heteroatoms. The van der Waals surface area contributed by atoms with E-state index in [1.54, 1.807) is 0 Å².